The van der Waals surface area contributed by atoms with Crippen LogP contribution >= 0.6 is 15.2 Å². The van der Waals surface area contributed by atoms with Crippen LogP contribution in [0.15, 0.2) is 0 Å². The van der Waals surface area contributed by atoms with Gasteiger partial charge in [-0.05, 0) is 53.4 Å². The van der Waals surface area contributed by atoms with Gasteiger partial charge in [0.25, 0.3) is 0 Å². The van der Waals surface area contributed by atoms with Crippen molar-refractivity contribution in [3.05, 3.63) is 0 Å². The molecule has 0 radical (unpaired) electrons. The zero-order valence-electron chi connectivity index (χ0n) is 19.7. The summed E-state index contributed by atoms with van der Waals surface area (Å²) in [6.07, 6.45) is 8.31. The maximum absolute atomic E-state index is 13.2. The van der Waals surface area contributed by atoms with Crippen molar-refractivity contribution in [2.45, 2.75) is 111 Å². The van der Waals surface area contributed by atoms with E-state index in [2.05, 4.69) is 6.92 Å². The summed E-state index contributed by atoms with van der Waals surface area (Å²) in [7, 11) is -6.10. The van der Waals surface area contributed by atoms with Crippen LogP contribution in [0.5, 0.6) is 0 Å². The van der Waals surface area contributed by atoms with Crippen molar-refractivity contribution in [2.75, 3.05) is 26.4 Å². The van der Waals surface area contributed by atoms with Gasteiger partial charge in [-0.15, -0.1) is 0 Å². The summed E-state index contributed by atoms with van der Waals surface area (Å²) < 4.78 is 48.4. The summed E-state index contributed by atoms with van der Waals surface area (Å²) in [5.74, 6) is 0. The summed E-state index contributed by atoms with van der Waals surface area (Å²) >= 11 is 0. The monoisotopic (exact) mass is 456 g/mol. The predicted octanol–water partition coefficient (Wildman–Crippen LogP) is 7.81. The van der Waals surface area contributed by atoms with Crippen molar-refractivity contribution in [1.82, 2.24) is 0 Å². The van der Waals surface area contributed by atoms with Crippen LogP contribution in [0.3, 0.4) is 0 Å². The third-order valence-electron chi connectivity index (χ3n) is 5.07. The Kier molecular flexibility index (Phi) is 17.1. The first kappa shape index (κ1) is 29.3. The molecule has 0 rings (SSSR count). The zero-order chi connectivity index (χ0) is 22.2. The average Bonchev–Trinajstić information content (AvgIpc) is 2.67. The fourth-order valence-electron chi connectivity index (χ4n) is 3.64. The molecule has 0 heterocycles. The van der Waals surface area contributed by atoms with Crippen LogP contribution in [0.25, 0.3) is 0 Å². The Morgan fingerprint density at radius 3 is 1.31 bits per heavy atom. The lowest BCUT2D eigenvalue weighted by molar-refractivity contribution is 0.208. The normalized spacial score (nSPS) is 14.8. The van der Waals surface area contributed by atoms with Gasteiger partial charge in [0.1, 0.15) is 0 Å². The fourth-order valence-corrected chi connectivity index (χ4v) is 8.01. The smallest absolute Gasteiger partial charge is 0.309 e. The molecular formula is C21H46O6P2. The number of hydrogen-bond acceptors (Lipinski definition) is 6. The highest BCUT2D eigenvalue weighted by atomic mass is 31.2. The number of unbranched alkanes of at least 4 members (excludes halogenated alkanes) is 3. The molecule has 0 aromatic carbocycles. The van der Waals surface area contributed by atoms with Gasteiger partial charge >= 0.3 is 15.2 Å². The van der Waals surface area contributed by atoms with Gasteiger partial charge in [-0.3, -0.25) is 9.13 Å². The highest BCUT2D eigenvalue weighted by Gasteiger charge is 2.35. The van der Waals surface area contributed by atoms with Crippen LogP contribution in [-0.2, 0) is 27.2 Å². The molecule has 0 saturated carbocycles. The van der Waals surface area contributed by atoms with Crippen LogP contribution in [0.2, 0.25) is 0 Å². The van der Waals surface area contributed by atoms with Gasteiger partial charge in [-0.1, -0.05) is 46.0 Å². The molecule has 2 atom stereocenters. The van der Waals surface area contributed by atoms with Crippen molar-refractivity contribution in [1.29, 1.82) is 0 Å². The maximum Gasteiger partial charge on any atom is 0.333 e. The minimum atomic E-state index is -3.06. The Labute approximate surface area is 179 Å². The topological polar surface area (TPSA) is 71.1 Å². The van der Waals surface area contributed by atoms with Crippen molar-refractivity contribution >= 4 is 15.2 Å². The summed E-state index contributed by atoms with van der Waals surface area (Å²) in [6.45, 7) is 13.2. The predicted molar refractivity (Wildman–Crippen MR) is 122 cm³/mol. The van der Waals surface area contributed by atoms with E-state index in [1.165, 1.54) is 0 Å². The molecule has 0 amide bonds. The Morgan fingerprint density at radius 2 is 0.931 bits per heavy atom. The SMILES string of the molecule is CCCCC(CCCCCC(CC)P(=O)(OCC)OCC)P(=O)(OCC)OCC. The van der Waals surface area contributed by atoms with E-state index in [1.807, 2.05) is 34.6 Å². The van der Waals surface area contributed by atoms with E-state index in [0.29, 0.717) is 26.4 Å². The third-order valence-corrected chi connectivity index (χ3v) is 10.5. The fraction of sp³-hybridized carbons (Fsp3) is 1.00. The van der Waals surface area contributed by atoms with Crippen LogP contribution in [0.1, 0.15) is 99.3 Å². The summed E-state index contributed by atoms with van der Waals surface area (Å²) in [5.41, 5.74) is -0.0986. The molecule has 0 aliphatic rings. The Bertz CT molecular complexity index is 466. The molecule has 0 saturated heterocycles. The molecule has 0 aliphatic heterocycles. The molecule has 0 aromatic heterocycles. The van der Waals surface area contributed by atoms with Crippen LogP contribution < -0.4 is 0 Å². The molecular weight excluding hydrogens is 410 g/mol. The molecule has 8 heteroatoms. The Hall–Kier alpha value is 0.300. The lowest BCUT2D eigenvalue weighted by atomic mass is 10.1. The molecule has 0 spiro atoms. The number of rotatable bonds is 20. The van der Waals surface area contributed by atoms with Crippen molar-refractivity contribution in [3.63, 3.8) is 0 Å². The second-order valence-corrected chi connectivity index (χ2v) is 11.9. The Morgan fingerprint density at radius 1 is 0.552 bits per heavy atom. The maximum atomic E-state index is 13.2. The van der Waals surface area contributed by atoms with E-state index < -0.39 is 15.2 Å². The highest BCUT2D eigenvalue weighted by Crippen LogP contribution is 2.57. The summed E-state index contributed by atoms with van der Waals surface area (Å²) in [5, 5.41) is 0. The third kappa shape index (κ3) is 10.9. The summed E-state index contributed by atoms with van der Waals surface area (Å²) in [6, 6.07) is 0. The van der Waals surface area contributed by atoms with E-state index >= 15 is 0 Å². The van der Waals surface area contributed by atoms with E-state index in [4.69, 9.17) is 18.1 Å². The molecule has 2 unspecified atom stereocenters. The van der Waals surface area contributed by atoms with Crippen molar-refractivity contribution in [2.24, 2.45) is 0 Å². The largest absolute Gasteiger partial charge is 0.333 e. The Balaban J connectivity index is 4.73. The van der Waals surface area contributed by atoms with E-state index in [0.717, 1.165) is 57.8 Å². The first-order valence-electron chi connectivity index (χ1n) is 11.6. The number of hydrogen-bond donors (Lipinski definition) is 0. The quantitative estimate of drug-likeness (QED) is 0.137. The van der Waals surface area contributed by atoms with Gasteiger partial charge in [0, 0.05) is 0 Å². The van der Waals surface area contributed by atoms with Crippen LogP contribution in [0, 0.1) is 0 Å². The zero-order valence-corrected chi connectivity index (χ0v) is 21.5. The first-order valence-corrected chi connectivity index (χ1v) is 14.9. The van der Waals surface area contributed by atoms with Gasteiger partial charge in [-0.2, -0.15) is 0 Å². The van der Waals surface area contributed by atoms with Gasteiger partial charge < -0.3 is 18.1 Å². The minimum absolute atomic E-state index is 0.0396. The molecule has 29 heavy (non-hydrogen) atoms. The molecule has 0 fully saturated rings. The van der Waals surface area contributed by atoms with Gasteiger partial charge in [0.05, 0.1) is 37.7 Å². The summed E-state index contributed by atoms with van der Waals surface area (Å²) in [4.78, 5) is 0. The lowest BCUT2D eigenvalue weighted by Crippen LogP contribution is -2.14. The van der Waals surface area contributed by atoms with Gasteiger partial charge in [0.15, 0.2) is 0 Å². The van der Waals surface area contributed by atoms with E-state index in [1.54, 1.807) is 0 Å². The molecule has 176 valence electrons. The van der Waals surface area contributed by atoms with E-state index in [-0.39, 0.29) is 11.3 Å². The van der Waals surface area contributed by atoms with Gasteiger partial charge in [-0.25, -0.2) is 0 Å². The molecule has 0 bridgehead atoms. The minimum Gasteiger partial charge on any atom is -0.309 e. The molecule has 0 aliphatic carbocycles. The van der Waals surface area contributed by atoms with Crippen molar-refractivity contribution < 1.29 is 27.2 Å². The average molecular weight is 457 g/mol. The second-order valence-electron chi connectivity index (χ2n) is 7.25. The first-order chi connectivity index (χ1) is 13.9. The van der Waals surface area contributed by atoms with Crippen molar-refractivity contribution in [3.8, 4) is 0 Å². The lowest BCUT2D eigenvalue weighted by Gasteiger charge is -2.27. The van der Waals surface area contributed by atoms with Gasteiger partial charge in [0.2, 0.25) is 0 Å². The standard InChI is InChI=1S/C21H46O6P2/c1-7-13-17-21(29(23,26-11-5)27-12-6)19-16-14-15-18-20(8-2)28(22,24-9-3)25-10-4/h20-21H,7-19H2,1-6H3. The van der Waals surface area contributed by atoms with Crippen LogP contribution in [0.4, 0.5) is 0 Å². The highest BCUT2D eigenvalue weighted by molar-refractivity contribution is 7.54. The second kappa shape index (κ2) is 16.9. The molecule has 6 nitrogen and oxygen atoms in total. The van der Waals surface area contributed by atoms with E-state index in [9.17, 15) is 9.13 Å². The van der Waals surface area contributed by atoms with Crippen LogP contribution in [-0.4, -0.2) is 37.7 Å². The molecule has 0 aromatic rings. The molecule has 0 N–H and O–H groups in total.